The predicted molar refractivity (Wildman–Crippen MR) is 76.0 cm³/mol. The number of carbonyl (C=O) groups excluding carboxylic acids is 1. The van der Waals surface area contributed by atoms with E-state index >= 15 is 0 Å². The molecule has 94 valence electrons. The number of nitrogens with zero attached hydrogens (tertiary/aromatic N) is 1. The fourth-order valence-corrected chi connectivity index (χ4v) is 2.50. The Labute approximate surface area is 112 Å². The lowest BCUT2D eigenvalue weighted by atomic mass is 9.86. The van der Waals surface area contributed by atoms with E-state index in [4.69, 9.17) is 0 Å². The van der Waals surface area contributed by atoms with E-state index in [1.807, 2.05) is 5.38 Å². The number of hydrogen-bond acceptors (Lipinski definition) is 3. The molecule has 0 aliphatic rings. The lowest BCUT2D eigenvalue weighted by molar-refractivity contribution is -0.107. The Hall–Kier alpha value is -1.48. The quantitative estimate of drug-likeness (QED) is 0.784. The van der Waals surface area contributed by atoms with Crippen molar-refractivity contribution in [1.82, 2.24) is 4.98 Å². The highest BCUT2D eigenvalue weighted by Gasteiger charge is 2.13. The average Bonchev–Trinajstić information content (AvgIpc) is 2.77. The monoisotopic (exact) mass is 259 g/mol. The zero-order chi connectivity index (χ0) is 13.2. The van der Waals surface area contributed by atoms with Gasteiger partial charge in [-0.05, 0) is 11.0 Å². The van der Waals surface area contributed by atoms with Gasteiger partial charge in [0.15, 0.2) is 0 Å². The minimum atomic E-state index is 0.170. The van der Waals surface area contributed by atoms with E-state index in [0.29, 0.717) is 6.42 Å². The molecule has 1 aromatic heterocycles. The zero-order valence-corrected chi connectivity index (χ0v) is 11.8. The van der Waals surface area contributed by atoms with Crippen LogP contribution >= 0.6 is 11.3 Å². The van der Waals surface area contributed by atoms with Crippen molar-refractivity contribution < 1.29 is 4.79 Å². The molecule has 0 saturated carbocycles. The summed E-state index contributed by atoms with van der Waals surface area (Å²) in [5, 5.41) is 2.88. The maximum Gasteiger partial charge on any atom is 0.126 e. The molecule has 0 unspecified atom stereocenters. The maximum absolute atomic E-state index is 10.4. The Kier molecular flexibility index (Phi) is 3.62. The highest BCUT2D eigenvalue weighted by atomic mass is 32.1. The molecule has 0 aliphatic carbocycles. The van der Waals surface area contributed by atoms with Gasteiger partial charge in [-0.2, -0.15) is 0 Å². The van der Waals surface area contributed by atoms with Crippen LogP contribution in [-0.4, -0.2) is 11.3 Å². The third-order valence-electron chi connectivity index (χ3n) is 2.86. The van der Waals surface area contributed by atoms with Gasteiger partial charge in [-0.3, -0.25) is 0 Å². The number of carbonyl (C=O) groups is 1. The first-order chi connectivity index (χ1) is 8.50. The fourth-order valence-electron chi connectivity index (χ4n) is 1.75. The highest BCUT2D eigenvalue weighted by Crippen LogP contribution is 2.26. The largest absolute Gasteiger partial charge is 0.303 e. The first kappa shape index (κ1) is 13.0. The second-order valence-corrected chi connectivity index (χ2v) is 6.27. The number of hydrogen-bond donors (Lipinski definition) is 0. The van der Waals surface area contributed by atoms with E-state index < -0.39 is 0 Å². The second kappa shape index (κ2) is 5.02. The van der Waals surface area contributed by atoms with Crippen LogP contribution in [0.4, 0.5) is 0 Å². The lowest BCUT2D eigenvalue weighted by Crippen LogP contribution is -2.10. The van der Waals surface area contributed by atoms with Crippen LogP contribution in [0.2, 0.25) is 0 Å². The standard InChI is InChI=1S/C15H17NOS/c1-15(2,3)12-6-4-11(5-7-12)13-10-18-14(16-13)8-9-17/h4-7,9-10H,8H2,1-3H3. The van der Waals surface area contributed by atoms with E-state index in [2.05, 4.69) is 50.0 Å². The smallest absolute Gasteiger partial charge is 0.126 e. The summed E-state index contributed by atoms with van der Waals surface area (Å²) in [5.41, 5.74) is 3.55. The molecule has 0 N–H and O–H groups in total. The highest BCUT2D eigenvalue weighted by molar-refractivity contribution is 7.10. The number of benzene rings is 1. The minimum absolute atomic E-state index is 0.170. The Morgan fingerprint density at radius 3 is 2.44 bits per heavy atom. The molecule has 0 saturated heterocycles. The molecule has 2 aromatic rings. The Balaban J connectivity index is 2.25. The number of aldehydes is 1. The van der Waals surface area contributed by atoms with Crippen molar-refractivity contribution in [3.05, 3.63) is 40.2 Å². The Morgan fingerprint density at radius 1 is 1.22 bits per heavy atom. The Bertz CT molecular complexity index is 534. The van der Waals surface area contributed by atoms with Gasteiger partial charge in [-0.25, -0.2) is 4.98 Å². The van der Waals surface area contributed by atoms with Gasteiger partial charge in [0.25, 0.3) is 0 Å². The molecule has 0 bridgehead atoms. The summed E-state index contributed by atoms with van der Waals surface area (Å²) in [6.45, 7) is 6.60. The lowest BCUT2D eigenvalue weighted by Gasteiger charge is -2.18. The maximum atomic E-state index is 10.4. The number of aromatic nitrogens is 1. The van der Waals surface area contributed by atoms with Gasteiger partial charge in [0.1, 0.15) is 11.3 Å². The van der Waals surface area contributed by atoms with Crippen molar-refractivity contribution in [2.24, 2.45) is 0 Å². The molecule has 0 fully saturated rings. The van der Waals surface area contributed by atoms with Gasteiger partial charge < -0.3 is 4.79 Å². The topological polar surface area (TPSA) is 30.0 Å². The van der Waals surface area contributed by atoms with Crippen molar-refractivity contribution >= 4 is 17.6 Å². The van der Waals surface area contributed by atoms with Crippen molar-refractivity contribution in [1.29, 1.82) is 0 Å². The van der Waals surface area contributed by atoms with Crippen molar-refractivity contribution in [2.75, 3.05) is 0 Å². The summed E-state index contributed by atoms with van der Waals surface area (Å²) < 4.78 is 0. The number of thiazole rings is 1. The summed E-state index contributed by atoms with van der Waals surface area (Å²) in [7, 11) is 0. The average molecular weight is 259 g/mol. The summed E-state index contributed by atoms with van der Waals surface area (Å²) in [5.74, 6) is 0. The Morgan fingerprint density at radius 2 is 1.89 bits per heavy atom. The predicted octanol–water partition coefficient (Wildman–Crippen LogP) is 3.85. The van der Waals surface area contributed by atoms with Crippen molar-refractivity contribution in [3.8, 4) is 11.3 Å². The third-order valence-corrected chi connectivity index (χ3v) is 3.73. The molecular weight excluding hydrogens is 242 g/mol. The van der Waals surface area contributed by atoms with E-state index in [1.165, 1.54) is 16.9 Å². The van der Waals surface area contributed by atoms with E-state index in [1.54, 1.807) is 0 Å². The molecule has 0 amide bonds. The summed E-state index contributed by atoms with van der Waals surface area (Å²) in [6, 6.07) is 8.49. The first-order valence-electron chi connectivity index (χ1n) is 5.99. The summed E-state index contributed by atoms with van der Waals surface area (Å²) in [4.78, 5) is 14.9. The molecule has 0 spiro atoms. The van der Waals surface area contributed by atoms with Gasteiger partial charge >= 0.3 is 0 Å². The molecule has 2 nitrogen and oxygen atoms in total. The SMILES string of the molecule is CC(C)(C)c1ccc(-c2csc(CC=O)n2)cc1. The molecule has 0 aliphatic heterocycles. The van der Waals surface area contributed by atoms with Crippen LogP contribution in [0, 0.1) is 0 Å². The van der Waals surface area contributed by atoms with E-state index in [0.717, 1.165) is 22.6 Å². The molecule has 18 heavy (non-hydrogen) atoms. The van der Waals surface area contributed by atoms with Crippen LogP contribution in [0.5, 0.6) is 0 Å². The molecular formula is C15H17NOS. The molecule has 1 aromatic carbocycles. The first-order valence-corrected chi connectivity index (χ1v) is 6.87. The third kappa shape index (κ3) is 2.85. The van der Waals surface area contributed by atoms with Crippen LogP contribution in [0.15, 0.2) is 29.6 Å². The van der Waals surface area contributed by atoms with Gasteiger partial charge in [-0.1, -0.05) is 45.0 Å². The van der Waals surface area contributed by atoms with Gasteiger partial charge in [0, 0.05) is 10.9 Å². The normalized spacial score (nSPS) is 11.5. The van der Waals surface area contributed by atoms with E-state index in [-0.39, 0.29) is 5.41 Å². The van der Waals surface area contributed by atoms with Crippen LogP contribution in [0.3, 0.4) is 0 Å². The van der Waals surface area contributed by atoms with Crippen molar-refractivity contribution in [2.45, 2.75) is 32.6 Å². The van der Waals surface area contributed by atoms with Crippen molar-refractivity contribution in [3.63, 3.8) is 0 Å². The van der Waals surface area contributed by atoms with Gasteiger partial charge in [0.05, 0.1) is 12.1 Å². The molecule has 2 rings (SSSR count). The van der Waals surface area contributed by atoms with E-state index in [9.17, 15) is 4.79 Å². The zero-order valence-electron chi connectivity index (χ0n) is 10.9. The molecule has 0 radical (unpaired) electrons. The summed E-state index contributed by atoms with van der Waals surface area (Å²) >= 11 is 1.54. The second-order valence-electron chi connectivity index (χ2n) is 5.32. The van der Waals surface area contributed by atoms with Crippen LogP contribution in [0.1, 0.15) is 31.3 Å². The number of rotatable bonds is 3. The molecule has 0 atom stereocenters. The molecule has 3 heteroatoms. The molecule has 1 heterocycles. The van der Waals surface area contributed by atoms with Gasteiger partial charge in [-0.15, -0.1) is 11.3 Å². The minimum Gasteiger partial charge on any atom is -0.303 e. The van der Waals surface area contributed by atoms with Gasteiger partial charge in [0.2, 0.25) is 0 Å². The van der Waals surface area contributed by atoms with Crippen LogP contribution in [0.25, 0.3) is 11.3 Å². The fraction of sp³-hybridized carbons (Fsp3) is 0.333. The summed E-state index contributed by atoms with van der Waals surface area (Å²) in [6.07, 6.45) is 1.30. The van der Waals surface area contributed by atoms with Crippen LogP contribution in [-0.2, 0) is 16.6 Å². The van der Waals surface area contributed by atoms with Crippen LogP contribution < -0.4 is 0 Å².